The van der Waals surface area contributed by atoms with Crippen LogP contribution in [0.25, 0.3) is 0 Å². The molecule has 1 heterocycles. The molecule has 1 aliphatic rings. The molecule has 4 heteroatoms. The number of methoxy groups -OCH3 is 1. The van der Waals surface area contributed by atoms with Gasteiger partial charge in [-0.15, -0.1) is 0 Å². The molecule has 1 aliphatic heterocycles. The summed E-state index contributed by atoms with van der Waals surface area (Å²) < 4.78 is 5.05. The Morgan fingerprint density at radius 1 is 1.83 bits per heavy atom. The van der Waals surface area contributed by atoms with Gasteiger partial charge in [0.1, 0.15) is 17.4 Å². The zero-order chi connectivity index (χ0) is 8.97. The Morgan fingerprint density at radius 3 is 3.08 bits per heavy atom. The molecule has 12 heavy (non-hydrogen) atoms. The van der Waals surface area contributed by atoms with Gasteiger partial charge in [-0.3, -0.25) is 4.99 Å². The molecule has 4 nitrogen and oxygen atoms in total. The molecule has 0 saturated heterocycles. The average molecular weight is 164 g/mol. The van der Waals surface area contributed by atoms with Crippen LogP contribution in [0, 0.1) is 17.2 Å². The first-order valence-corrected chi connectivity index (χ1v) is 3.56. The minimum atomic E-state index is 0.381. The molecule has 0 bridgehead atoms. The van der Waals surface area contributed by atoms with Crippen molar-refractivity contribution in [2.75, 3.05) is 20.2 Å². The molecular formula is C8H10N3O. The van der Waals surface area contributed by atoms with Crippen LogP contribution in [-0.2, 0) is 4.74 Å². The average Bonchev–Trinajstić information content (AvgIpc) is 2.16. The van der Waals surface area contributed by atoms with Crippen LogP contribution in [0.1, 0.15) is 0 Å². The van der Waals surface area contributed by atoms with Crippen LogP contribution in [0.2, 0.25) is 0 Å². The molecule has 0 aromatic heterocycles. The second-order valence-electron chi connectivity index (χ2n) is 2.34. The molecule has 0 aliphatic carbocycles. The summed E-state index contributed by atoms with van der Waals surface area (Å²) in [5, 5.41) is 8.67. The third kappa shape index (κ3) is 1.46. The van der Waals surface area contributed by atoms with Crippen LogP contribution in [-0.4, -0.2) is 26.4 Å². The summed E-state index contributed by atoms with van der Waals surface area (Å²) in [4.78, 5) is 3.98. The lowest BCUT2D eigenvalue weighted by Gasteiger charge is -2.18. The number of nitrogens with two attached hydrogens (primary N) is 1. The van der Waals surface area contributed by atoms with Crippen molar-refractivity contribution in [2.45, 2.75) is 0 Å². The first kappa shape index (κ1) is 8.75. The topological polar surface area (TPSA) is 71.4 Å². The van der Waals surface area contributed by atoms with E-state index in [4.69, 9.17) is 15.7 Å². The Hall–Kier alpha value is -1.34. The molecule has 0 amide bonds. The van der Waals surface area contributed by atoms with Crippen molar-refractivity contribution in [1.82, 2.24) is 0 Å². The van der Waals surface area contributed by atoms with E-state index in [2.05, 4.69) is 4.99 Å². The summed E-state index contributed by atoms with van der Waals surface area (Å²) in [5.41, 5.74) is 5.90. The van der Waals surface area contributed by atoms with Crippen molar-refractivity contribution in [3.8, 4) is 6.07 Å². The molecule has 63 valence electrons. The van der Waals surface area contributed by atoms with E-state index in [1.807, 2.05) is 6.07 Å². The lowest BCUT2D eigenvalue weighted by molar-refractivity contribution is 0.284. The minimum Gasteiger partial charge on any atom is -0.499 e. The normalized spacial score (nSPS) is 17.8. The fraction of sp³-hybridized carbons (Fsp3) is 0.375. The van der Waals surface area contributed by atoms with E-state index >= 15 is 0 Å². The Bertz CT molecular complexity index is 262. The lowest BCUT2D eigenvalue weighted by atomic mass is 10.0. The SMILES string of the molecule is COC1=C(C#N)C=NC[C]1CN. The van der Waals surface area contributed by atoms with E-state index in [0.29, 0.717) is 24.4 Å². The van der Waals surface area contributed by atoms with E-state index in [0.717, 1.165) is 5.92 Å². The third-order valence-corrected chi connectivity index (χ3v) is 1.64. The number of nitrogens with zero attached hydrogens (tertiary/aromatic N) is 2. The summed E-state index contributed by atoms with van der Waals surface area (Å²) in [7, 11) is 1.53. The Morgan fingerprint density at radius 2 is 2.58 bits per heavy atom. The number of hydrogen-bond donors (Lipinski definition) is 1. The Balaban J connectivity index is 2.95. The number of allylic oxidation sites excluding steroid dienone is 1. The molecule has 0 saturated carbocycles. The Labute approximate surface area is 71.3 Å². The first-order chi connectivity index (χ1) is 5.83. The van der Waals surface area contributed by atoms with Crippen LogP contribution < -0.4 is 5.73 Å². The lowest BCUT2D eigenvalue weighted by Crippen LogP contribution is -2.22. The van der Waals surface area contributed by atoms with Gasteiger partial charge in [0.25, 0.3) is 0 Å². The molecule has 0 fully saturated rings. The van der Waals surface area contributed by atoms with Crippen molar-refractivity contribution < 1.29 is 4.74 Å². The van der Waals surface area contributed by atoms with Gasteiger partial charge in [0, 0.05) is 12.8 Å². The number of dihydropyridines is 1. The van der Waals surface area contributed by atoms with Gasteiger partial charge in [0.05, 0.1) is 19.6 Å². The van der Waals surface area contributed by atoms with Gasteiger partial charge in [0.15, 0.2) is 0 Å². The van der Waals surface area contributed by atoms with Crippen LogP contribution in [0.15, 0.2) is 16.3 Å². The highest BCUT2D eigenvalue weighted by molar-refractivity contribution is 5.86. The van der Waals surface area contributed by atoms with Crippen molar-refractivity contribution in [3.05, 3.63) is 17.3 Å². The van der Waals surface area contributed by atoms with E-state index in [1.54, 1.807) is 0 Å². The summed E-state index contributed by atoms with van der Waals surface area (Å²) in [6.45, 7) is 0.913. The van der Waals surface area contributed by atoms with Gasteiger partial charge in [0.2, 0.25) is 0 Å². The number of rotatable bonds is 2. The van der Waals surface area contributed by atoms with Gasteiger partial charge in [-0.1, -0.05) is 0 Å². The quantitative estimate of drug-likeness (QED) is 0.625. The predicted octanol–water partition coefficient (Wildman–Crippen LogP) is 0.0281. The number of nitriles is 1. The van der Waals surface area contributed by atoms with Gasteiger partial charge >= 0.3 is 0 Å². The summed E-state index contributed by atoms with van der Waals surface area (Å²) in [5.74, 6) is 1.45. The van der Waals surface area contributed by atoms with Gasteiger partial charge in [-0.25, -0.2) is 0 Å². The van der Waals surface area contributed by atoms with Gasteiger partial charge in [-0.05, 0) is 0 Å². The summed E-state index contributed by atoms with van der Waals surface area (Å²) in [6, 6.07) is 2.00. The molecule has 0 aromatic carbocycles. The largest absolute Gasteiger partial charge is 0.499 e. The second kappa shape index (κ2) is 3.88. The minimum absolute atomic E-state index is 0.381. The standard InChI is InChI=1S/C8H10N3O/c1-12-8-6(2-9)4-11-5-7(8)3-10/h5H,2,4,9H2,1H3. The zero-order valence-electron chi connectivity index (χ0n) is 6.87. The highest BCUT2D eigenvalue weighted by Crippen LogP contribution is 2.20. The van der Waals surface area contributed by atoms with Crippen molar-refractivity contribution in [1.29, 1.82) is 5.26 Å². The highest BCUT2D eigenvalue weighted by Gasteiger charge is 2.20. The maximum atomic E-state index is 8.67. The van der Waals surface area contributed by atoms with Gasteiger partial charge in [-0.2, -0.15) is 5.26 Å². The zero-order valence-corrected chi connectivity index (χ0v) is 6.87. The molecule has 0 unspecified atom stereocenters. The van der Waals surface area contributed by atoms with Gasteiger partial charge < -0.3 is 10.5 Å². The maximum Gasteiger partial charge on any atom is 0.125 e. The molecule has 0 spiro atoms. The van der Waals surface area contributed by atoms with E-state index in [-0.39, 0.29) is 0 Å². The van der Waals surface area contributed by atoms with Crippen LogP contribution in [0.4, 0.5) is 0 Å². The van der Waals surface area contributed by atoms with Crippen molar-refractivity contribution in [2.24, 2.45) is 10.7 Å². The van der Waals surface area contributed by atoms with Crippen LogP contribution >= 0.6 is 0 Å². The third-order valence-electron chi connectivity index (χ3n) is 1.64. The fourth-order valence-corrected chi connectivity index (χ4v) is 1.06. The molecule has 1 rings (SSSR count). The highest BCUT2D eigenvalue weighted by atomic mass is 16.5. The molecular weight excluding hydrogens is 154 g/mol. The van der Waals surface area contributed by atoms with E-state index < -0.39 is 0 Å². The molecule has 0 atom stereocenters. The molecule has 1 radical (unpaired) electrons. The van der Waals surface area contributed by atoms with Crippen LogP contribution in [0.3, 0.4) is 0 Å². The van der Waals surface area contributed by atoms with Crippen molar-refractivity contribution >= 4 is 6.21 Å². The monoisotopic (exact) mass is 164 g/mol. The number of ether oxygens (including phenoxy) is 1. The molecule has 2 N–H and O–H groups in total. The first-order valence-electron chi connectivity index (χ1n) is 3.56. The second-order valence-corrected chi connectivity index (χ2v) is 2.34. The number of hydrogen-bond acceptors (Lipinski definition) is 4. The van der Waals surface area contributed by atoms with Crippen molar-refractivity contribution in [3.63, 3.8) is 0 Å². The van der Waals surface area contributed by atoms with E-state index in [9.17, 15) is 0 Å². The Kier molecular flexibility index (Phi) is 2.83. The smallest absolute Gasteiger partial charge is 0.125 e. The summed E-state index contributed by atoms with van der Waals surface area (Å²) >= 11 is 0. The fourth-order valence-electron chi connectivity index (χ4n) is 1.06. The van der Waals surface area contributed by atoms with E-state index in [1.165, 1.54) is 13.3 Å². The summed E-state index contributed by atoms with van der Waals surface area (Å²) in [6.07, 6.45) is 1.51. The maximum absolute atomic E-state index is 8.67. The predicted molar refractivity (Wildman–Crippen MR) is 45.3 cm³/mol. The molecule has 0 aromatic rings. The number of aliphatic imine (C=N–C) groups is 1. The van der Waals surface area contributed by atoms with Crippen LogP contribution in [0.5, 0.6) is 0 Å².